The van der Waals surface area contributed by atoms with Gasteiger partial charge in [0.05, 0.1) is 5.92 Å². The maximum absolute atomic E-state index is 12.7. The Morgan fingerprint density at radius 3 is 3.04 bits per heavy atom. The lowest BCUT2D eigenvalue weighted by Crippen LogP contribution is -2.41. The van der Waals surface area contributed by atoms with E-state index in [1.807, 2.05) is 6.07 Å². The number of rotatable bonds is 3. The molecule has 3 aromatic rings. The Labute approximate surface area is 154 Å². The first-order valence-electron chi connectivity index (χ1n) is 8.71. The zero-order chi connectivity index (χ0) is 18.8. The van der Waals surface area contributed by atoms with Crippen molar-refractivity contribution in [2.24, 2.45) is 0 Å². The average molecular weight is 366 g/mol. The third-order valence-electron chi connectivity index (χ3n) is 4.58. The van der Waals surface area contributed by atoms with E-state index in [4.69, 9.17) is 4.52 Å². The maximum atomic E-state index is 12.7. The SMILES string of the molecule is Cc1ncc(C(=O)N2CCC[C@@H](c3nc(-c4cccnc4)no3)C2)c(=O)[nH]1. The Hall–Kier alpha value is -3.36. The van der Waals surface area contributed by atoms with Gasteiger partial charge in [-0.25, -0.2) is 4.98 Å². The minimum absolute atomic E-state index is 0.0443. The minimum atomic E-state index is -0.425. The van der Waals surface area contributed by atoms with Gasteiger partial charge in [-0.05, 0) is 31.9 Å². The Morgan fingerprint density at radius 2 is 2.26 bits per heavy atom. The summed E-state index contributed by atoms with van der Waals surface area (Å²) >= 11 is 0. The number of aromatic nitrogens is 5. The standard InChI is InChI=1S/C18H18N6O3/c1-11-20-9-14(16(25)21-11)18(26)24-7-3-5-13(10-24)17-22-15(23-27-17)12-4-2-6-19-8-12/h2,4,6,8-9,13H,3,5,7,10H2,1H3,(H,20,21,25)/t13-/m1/s1. The molecule has 0 spiro atoms. The second kappa shape index (κ2) is 7.10. The maximum Gasteiger partial charge on any atom is 0.263 e. The van der Waals surface area contributed by atoms with Gasteiger partial charge in [0.2, 0.25) is 11.7 Å². The molecule has 1 saturated heterocycles. The number of likely N-dealkylation sites (tertiary alicyclic amines) is 1. The van der Waals surface area contributed by atoms with E-state index < -0.39 is 5.56 Å². The Kier molecular flexibility index (Phi) is 4.49. The van der Waals surface area contributed by atoms with Crippen LogP contribution in [0.4, 0.5) is 0 Å². The molecule has 1 N–H and O–H groups in total. The summed E-state index contributed by atoms with van der Waals surface area (Å²) in [5.74, 6) is 1.03. The molecule has 9 heteroatoms. The summed E-state index contributed by atoms with van der Waals surface area (Å²) in [6, 6.07) is 3.66. The Balaban J connectivity index is 1.52. The molecule has 0 unspecified atom stereocenters. The van der Waals surface area contributed by atoms with Crippen molar-refractivity contribution < 1.29 is 9.32 Å². The lowest BCUT2D eigenvalue weighted by molar-refractivity contribution is 0.0693. The van der Waals surface area contributed by atoms with Crippen LogP contribution in [0.25, 0.3) is 11.4 Å². The zero-order valence-corrected chi connectivity index (χ0v) is 14.8. The van der Waals surface area contributed by atoms with Crippen LogP contribution in [0.3, 0.4) is 0 Å². The van der Waals surface area contributed by atoms with Crippen molar-refractivity contribution in [2.75, 3.05) is 13.1 Å². The first-order chi connectivity index (χ1) is 13.1. The highest BCUT2D eigenvalue weighted by Crippen LogP contribution is 2.27. The van der Waals surface area contributed by atoms with Gasteiger partial charge in [0, 0.05) is 37.2 Å². The third kappa shape index (κ3) is 3.48. The van der Waals surface area contributed by atoms with Crippen LogP contribution in [0.5, 0.6) is 0 Å². The van der Waals surface area contributed by atoms with Gasteiger partial charge in [0.1, 0.15) is 11.4 Å². The fourth-order valence-corrected chi connectivity index (χ4v) is 3.18. The second-order valence-corrected chi connectivity index (χ2v) is 6.50. The van der Waals surface area contributed by atoms with Crippen molar-refractivity contribution in [1.82, 2.24) is 30.0 Å². The molecule has 0 saturated carbocycles. The van der Waals surface area contributed by atoms with Gasteiger partial charge in [-0.3, -0.25) is 14.6 Å². The average Bonchev–Trinajstić information content (AvgIpc) is 3.19. The van der Waals surface area contributed by atoms with Crippen molar-refractivity contribution >= 4 is 5.91 Å². The highest BCUT2D eigenvalue weighted by atomic mass is 16.5. The molecule has 1 fully saturated rings. The summed E-state index contributed by atoms with van der Waals surface area (Å²) in [6.07, 6.45) is 6.30. The van der Waals surface area contributed by atoms with Crippen molar-refractivity contribution in [3.63, 3.8) is 0 Å². The summed E-state index contributed by atoms with van der Waals surface area (Å²) in [4.78, 5) is 41.5. The number of nitrogens with one attached hydrogen (secondary N) is 1. The smallest absolute Gasteiger partial charge is 0.263 e. The number of carbonyl (C=O) groups is 1. The fourth-order valence-electron chi connectivity index (χ4n) is 3.18. The van der Waals surface area contributed by atoms with Gasteiger partial charge in [-0.15, -0.1) is 0 Å². The molecule has 1 aliphatic rings. The van der Waals surface area contributed by atoms with Crippen LogP contribution in [0.2, 0.25) is 0 Å². The third-order valence-corrected chi connectivity index (χ3v) is 4.58. The minimum Gasteiger partial charge on any atom is -0.339 e. The largest absolute Gasteiger partial charge is 0.339 e. The molecule has 0 aliphatic carbocycles. The van der Waals surface area contributed by atoms with E-state index in [0.717, 1.165) is 18.4 Å². The van der Waals surface area contributed by atoms with E-state index >= 15 is 0 Å². The summed E-state index contributed by atoms with van der Waals surface area (Å²) in [5.41, 5.74) is 0.391. The fraction of sp³-hybridized carbons (Fsp3) is 0.333. The first kappa shape index (κ1) is 17.1. The number of hydrogen-bond acceptors (Lipinski definition) is 7. The molecule has 1 atom stereocenters. The van der Waals surface area contributed by atoms with Crippen LogP contribution < -0.4 is 5.56 Å². The first-order valence-corrected chi connectivity index (χ1v) is 8.71. The number of aryl methyl sites for hydroxylation is 1. The topological polar surface area (TPSA) is 118 Å². The van der Waals surface area contributed by atoms with Crippen LogP contribution in [0.15, 0.2) is 40.0 Å². The van der Waals surface area contributed by atoms with E-state index in [1.165, 1.54) is 6.20 Å². The molecule has 27 heavy (non-hydrogen) atoms. The molecular weight excluding hydrogens is 348 g/mol. The Morgan fingerprint density at radius 1 is 1.37 bits per heavy atom. The molecular formula is C18H18N6O3. The molecule has 4 rings (SSSR count). The second-order valence-electron chi connectivity index (χ2n) is 6.50. The van der Waals surface area contributed by atoms with Crippen LogP contribution in [-0.2, 0) is 0 Å². The van der Waals surface area contributed by atoms with Crippen molar-refractivity contribution in [3.8, 4) is 11.4 Å². The summed E-state index contributed by atoms with van der Waals surface area (Å²) in [6.45, 7) is 2.66. The number of piperidine rings is 1. The number of carbonyl (C=O) groups excluding carboxylic acids is 1. The van der Waals surface area contributed by atoms with Crippen LogP contribution in [0.1, 0.15) is 40.8 Å². The van der Waals surface area contributed by atoms with Crippen molar-refractivity contribution in [1.29, 1.82) is 0 Å². The van der Waals surface area contributed by atoms with Crippen LogP contribution in [-0.4, -0.2) is 49.0 Å². The molecule has 3 aromatic heterocycles. The van der Waals surface area contributed by atoms with Gasteiger partial charge in [0.15, 0.2) is 0 Å². The lowest BCUT2D eigenvalue weighted by atomic mass is 9.97. The lowest BCUT2D eigenvalue weighted by Gasteiger charge is -2.30. The van der Waals surface area contributed by atoms with Crippen LogP contribution >= 0.6 is 0 Å². The van der Waals surface area contributed by atoms with E-state index in [0.29, 0.717) is 30.6 Å². The van der Waals surface area contributed by atoms with Gasteiger partial charge < -0.3 is 14.4 Å². The van der Waals surface area contributed by atoms with E-state index in [2.05, 4.69) is 25.1 Å². The highest BCUT2D eigenvalue weighted by molar-refractivity contribution is 5.93. The van der Waals surface area contributed by atoms with Crippen molar-refractivity contribution in [3.05, 3.63) is 58.4 Å². The molecule has 0 aromatic carbocycles. The van der Waals surface area contributed by atoms with Gasteiger partial charge in [-0.2, -0.15) is 4.98 Å². The molecule has 0 bridgehead atoms. The van der Waals surface area contributed by atoms with Gasteiger partial charge in [-0.1, -0.05) is 5.16 Å². The van der Waals surface area contributed by atoms with Gasteiger partial charge >= 0.3 is 0 Å². The summed E-state index contributed by atoms with van der Waals surface area (Å²) in [7, 11) is 0. The van der Waals surface area contributed by atoms with Gasteiger partial charge in [0.25, 0.3) is 11.5 Å². The number of pyridine rings is 1. The molecule has 1 aliphatic heterocycles. The predicted octanol–water partition coefficient (Wildman–Crippen LogP) is 1.54. The van der Waals surface area contributed by atoms with Crippen molar-refractivity contribution in [2.45, 2.75) is 25.7 Å². The predicted molar refractivity (Wildman–Crippen MR) is 95.0 cm³/mol. The van der Waals surface area contributed by atoms with E-state index in [1.54, 1.807) is 30.3 Å². The number of nitrogens with zero attached hydrogens (tertiary/aromatic N) is 5. The number of hydrogen-bond donors (Lipinski definition) is 1. The van der Waals surface area contributed by atoms with E-state index in [9.17, 15) is 9.59 Å². The number of aromatic amines is 1. The molecule has 9 nitrogen and oxygen atoms in total. The number of H-pyrrole nitrogens is 1. The van der Waals surface area contributed by atoms with Crippen LogP contribution in [0, 0.1) is 6.92 Å². The zero-order valence-electron chi connectivity index (χ0n) is 14.8. The highest BCUT2D eigenvalue weighted by Gasteiger charge is 2.30. The Bertz CT molecular complexity index is 1010. The summed E-state index contributed by atoms with van der Waals surface area (Å²) in [5, 5.41) is 4.02. The molecule has 4 heterocycles. The normalized spacial score (nSPS) is 17.1. The number of amides is 1. The molecule has 0 radical (unpaired) electrons. The summed E-state index contributed by atoms with van der Waals surface area (Å²) < 4.78 is 5.42. The molecule has 138 valence electrons. The monoisotopic (exact) mass is 366 g/mol. The quantitative estimate of drug-likeness (QED) is 0.747. The molecule has 1 amide bonds. The van der Waals surface area contributed by atoms with E-state index in [-0.39, 0.29) is 17.4 Å².